The van der Waals surface area contributed by atoms with Gasteiger partial charge < -0.3 is 18.9 Å². The zero-order valence-electron chi connectivity index (χ0n) is 19.5. The lowest BCUT2D eigenvalue weighted by Crippen LogP contribution is -2.22. The molecule has 4 rings (SSSR count). The number of hydrogen-bond acceptors (Lipinski definition) is 4. The Bertz CT molecular complexity index is 1210. The Morgan fingerprint density at radius 1 is 0.906 bits per heavy atom. The zero-order chi connectivity index (χ0) is 22.7. The van der Waals surface area contributed by atoms with Gasteiger partial charge in [-0.25, -0.2) is 0 Å². The van der Waals surface area contributed by atoms with Crippen LogP contribution in [0.15, 0.2) is 67.1 Å². The van der Waals surface area contributed by atoms with Crippen LogP contribution in [0.2, 0.25) is 0 Å². The molecule has 2 aromatic heterocycles. The smallest absolute Gasteiger partial charge is 0.119 e. The van der Waals surface area contributed by atoms with Gasteiger partial charge in [0.15, 0.2) is 0 Å². The summed E-state index contributed by atoms with van der Waals surface area (Å²) in [6.07, 6.45) is 6.09. The van der Waals surface area contributed by atoms with E-state index >= 15 is 0 Å². The number of aromatic nitrogens is 2. The van der Waals surface area contributed by atoms with Gasteiger partial charge in [-0.05, 0) is 62.0 Å². The predicted octanol–water partition coefficient (Wildman–Crippen LogP) is 5.59. The average Bonchev–Trinajstić information content (AvgIpc) is 3.16. The highest BCUT2D eigenvalue weighted by molar-refractivity contribution is 5.97. The van der Waals surface area contributed by atoms with Crippen LogP contribution in [0.1, 0.15) is 6.92 Å². The molecule has 0 radical (unpaired) electrons. The number of fused-ring (bicyclic) bond motifs is 1. The topological polar surface area (TPSA) is 39.5 Å². The van der Waals surface area contributed by atoms with Crippen LogP contribution in [-0.4, -0.2) is 49.3 Å². The third-order valence-corrected chi connectivity index (χ3v) is 5.73. The molecular weight excluding hydrogens is 398 g/mol. The second kappa shape index (κ2) is 9.45. The minimum absolute atomic E-state index is 0.525. The van der Waals surface area contributed by atoms with Crippen LogP contribution in [0.25, 0.3) is 33.2 Å². The van der Waals surface area contributed by atoms with Crippen molar-refractivity contribution < 1.29 is 9.47 Å². The number of rotatable bonds is 8. The summed E-state index contributed by atoms with van der Waals surface area (Å²) in [5.41, 5.74) is 5.60. The van der Waals surface area contributed by atoms with Crippen LogP contribution in [0.4, 0.5) is 0 Å². The maximum Gasteiger partial charge on any atom is 0.119 e. The van der Waals surface area contributed by atoms with Crippen molar-refractivity contribution >= 4 is 10.9 Å². The highest BCUT2D eigenvalue weighted by Crippen LogP contribution is 2.35. The molecule has 0 aliphatic carbocycles. The van der Waals surface area contributed by atoms with Crippen molar-refractivity contribution in [1.29, 1.82) is 0 Å². The predicted molar refractivity (Wildman–Crippen MR) is 131 cm³/mol. The number of hydrogen-bond donors (Lipinski definition) is 0. The van der Waals surface area contributed by atoms with E-state index in [1.807, 2.05) is 36.7 Å². The summed E-state index contributed by atoms with van der Waals surface area (Å²) < 4.78 is 13.3. The fraction of sp³-hybridized carbons (Fsp3) is 0.296. The summed E-state index contributed by atoms with van der Waals surface area (Å²) in [5, 5.41) is 1.17. The molecule has 0 saturated heterocycles. The lowest BCUT2D eigenvalue weighted by Gasteiger charge is -2.18. The molecule has 0 aliphatic heterocycles. The van der Waals surface area contributed by atoms with Gasteiger partial charge in [-0.2, -0.15) is 0 Å². The molecule has 0 bridgehead atoms. The summed E-state index contributed by atoms with van der Waals surface area (Å²) in [6.45, 7) is 4.28. The highest BCUT2D eigenvalue weighted by Gasteiger charge is 2.15. The Kier molecular flexibility index (Phi) is 6.47. The van der Waals surface area contributed by atoms with Crippen LogP contribution >= 0.6 is 0 Å². The third kappa shape index (κ3) is 4.63. The van der Waals surface area contributed by atoms with Crippen LogP contribution in [0, 0.1) is 5.92 Å². The molecule has 166 valence electrons. The van der Waals surface area contributed by atoms with E-state index in [0.717, 1.165) is 46.8 Å². The van der Waals surface area contributed by atoms with Gasteiger partial charge in [0.25, 0.3) is 0 Å². The lowest BCUT2D eigenvalue weighted by atomic mass is 10.0. The van der Waals surface area contributed by atoms with Crippen molar-refractivity contribution in [3.05, 3.63) is 67.1 Å². The van der Waals surface area contributed by atoms with E-state index in [1.165, 1.54) is 10.9 Å². The van der Waals surface area contributed by atoms with Gasteiger partial charge in [0.2, 0.25) is 0 Å². The maximum absolute atomic E-state index is 5.53. The van der Waals surface area contributed by atoms with Gasteiger partial charge in [0.1, 0.15) is 11.5 Å². The first-order chi connectivity index (χ1) is 15.5. The Morgan fingerprint density at radius 2 is 1.66 bits per heavy atom. The van der Waals surface area contributed by atoms with Gasteiger partial charge in [-0.15, -0.1) is 0 Å². The Hall–Kier alpha value is -3.31. The van der Waals surface area contributed by atoms with E-state index in [9.17, 15) is 0 Å². The van der Waals surface area contributed by atoms with Gasteiger partial charge >= 0.3 is 0 Å². The van der Waals surface area contributed by atoms with E-state index in [0.29, 0.717) is 5.92 Å². The minimum Gasteiger partial charge on any atom is -0.497 e. The summed E-state index contributed by atoms with van der Waals surface area (Å²) in [5.74, 6) is 2.22. The van der Waals surface area contributed by atoms with E-state index in [2.05, 4.69) is 65.9 Å². The number of nitrogens with zero attached hydrogens (tertiary/aromatic N) is 3. The molecule has 0 spiro atoms. The van der Waals surface area contributed by atoms with Crippen molar-refractivity contribution in [3.8, 4) is 33.8 Å². The first-order valence-electron chi connectivity index (χ1n) is 10.9. The Balaban J connectivity index is 1.79. The standard InChI is InChI=1S/C27H31N3O2/c1-19(16-29(2)3)17-30-18-26(25-13-24(32-5)9-10-27(25)30)22-11-21(14-28-15-22)20-7-6-8-23(12-20)31-4/h6-15,18-19H,16-17H2,1-5H3. The molecule has 2 aromatic carbocycles. The molecule has 0 N–H and O–H groups in total. The second-order valence-electron chi connectivity index (χ2n) is 8.64. The van der Waals surface area contributed by atoms with Crippen molar-refractivity contribution in [2.45, 2.75) is 13.5 Å². The van der Waals surface area contributed by atoms with Crippen molar-refractivity contribution in [3.63, 3.8) is 0 Å². The molecule has 1 atom stereocenters. The number of methoxy groups -OCH3 is 2. The summed E-state index contributed by atoms with van der Waals surface area (Å²) in [4.78, 5) is 6.80. The normalized spacial score (nSPS) is 12.3. The molecule has 0 fully saturated rings. The highest BCUT2D eigenvalue weighted by atomic mass is 16.5. The third-order valence-electron chi connectivity index (χ3n) is 5.73. The van der Waals surface area contributed by atoms with E-state index < -0.39 is 0 Å². The zero-order valence-corrected chi connectivity index (χ0v) is 19.5. The fourth-order valence-corrected chi connectivity index (χ4v) is 4.35. The summed E-state index contributed by atoms with van der Waals surface area (Å²) in [7, 11) is 7.64. The van der Waals surface area contributed by atoms with Gasteiger partial charge in [-0.3, -0.25) is 4.98 Å². The number of ether oxygens (including phenoxy) is 2. The number of benzene rings is 2. The average molecular weight is 430 g/mol. The first kappa shape index (κ1) is 21.9. The molecule has 5 nitrogen and oxygen atoms in total. The molecule has 0 aliphatic rings. The Morgan fingerprint density at radius 3 is 2.41 bits per heavy atom. The van der Waals surface area contributed by atoms with E-state index in [1.54, 1.807) is 14.2 Å². The second-order valence-corrected chi connectivity index (χ2v) is 8.64. The van der Waals surface area contributed by atoms with Crippen LogP contribution in [0.5, 0.6) is 11.5 Å². The molecule has 1 unspecified atom stereocenters. The van der Waals surface area contributed by atoms with E-state index in [4.69, 9.17) is 9.47 Å². The van der Waals surface area contributed by atoms with Gasteiger partial charge in [0, 0.05) is 59.3 Å². The maximum atomic E-state index is 5.53. The van der Waals surface area contributed by atoms with Crippen LogP contribution in [0.3, 0.4) is 0 Å². The summed E-state index contributed by atoms with van der Waals surface area (Å²) in [6, 6.07) is 16.6. The van der Waals surface area contributed by atoms with Gasteiger partial charge in [-0.1, -0.05) is 19.1 Å². The van der Waals surface area contributed by atoms with Crippen molar-refractivity contribution in [2.24, 2.45) is 5.92 Å². The van der Waals surface area contributed by atoms with Crippen LogP contribution < -0.4 is 9.47 Å². The Labute approximate surface area is 190 Å². The lowest BCUT2D eigenvalue weighted by molar-refractivity contribution is 0.318. The largest absolute Gasteiger partial charge is 0.497 e. The minimum atomic E-state index is 0.525. The SMILES string of the molecule is COc1cccc(-c2cncc(-c3cn(CC(C)CN(C)C)c4ccc(OC)cc34)c2)c1. The molecule has 2 heterocycles. The fourth-order valence-electron chi connectivity index (χ4n) is 4.35. The molecule has 5 heteroatoms. The number of pyridine rings is 1. The molecule has 0 amide bonds. The van der Waals surface area contributed by atoms with Crippen molar-refractivity contribution in [2.75, 3.05) is 34.9 Å². The summed E-state index contributed by atoms with van der Waals surface area (Å²) >= 11 is 0. The molecule has 32 heavy (non-hydrogen) atoms. The quantitative estimate of drug-likeness (QED) is 0.366. The van der Waals surface area contributed by atoms with Crippen LogP contribution in [-0.2, 0) is 6.54 Å². The molecule has 0 saturated carbocycles. The first-order valence-corrected chi connectivity index (χ1v) is 10.9. The molecule has 4 aromatic rings. The molecular formula is C27H31N3O2. The van der Waals surface area contributed by atoms with Crippen molar-refractivity contribution in [1.82, 2.24) is 14.5 Å². The van der Waals surface area contributed by atoms with Gasteiger partial charge in [0.05, 0.1) is 14.2 Å². The van der Waals surface area contributed by atoms with E-state index in [-0.39, 0.29) is 0 Å². The monoisotopic (exact) mass is 429 g/mol.